The molecule has 0 aliphatic carbocycles. The second kappa shape index (κ2) is 11.1. The number of carbonyl (C=O) groups is 1. The van der Waals surface area contributed by atoms with Crippen LogP contribution in [0.5, 0.6) is 0 Å². The molecule has 2 aliphatic heterocycles. The van der Waals surface area contributed by atoms with Crippen LogP contribution in [0.1, 0.15) is 65.1 Å². The largest absolute Gasteiger partial charge is 0.468 e. The molecule has 8 heteroatoms. The number of thiocarbonyl (C=S) groups is 1. The summed E-state index contributed by atoms with van der Waals surface area (Å²) in [7, 11) is 0. The first-order valence-electron chi connectivity index (χ1n) is 12.3. The summed E-state index contributed by atoms with van der Waals surface area (Å²) >= 11 is 5.56. The number of ether oxygens (including phenoxy) is 1. The number of nitrogens with zero attached hydrogens (tertiary/aromatic N) is 4. The maximum absolute atomic E-state index is 12.7. The minimum Gasteiger partial charge on any atom is -0.468 e. The van der Waals surface area contributed by atoms with Gasteiger partial charge >= 0.3 is 0 Å². The van der Waals surface area contributed by atoms with Gasteiger partial charge in [-0.05, 0) is 69.4 Å². The Labute approximate surface area is 213 Å². The number of aryl methyl sites for hydroxylation is 2. The van der Waals surface area contributed by atoms with Crippen molar-refractivity contribution in [3.63, 3.8) is 0 Å². The van der Waals surface area contributed by atoms with Gasteiger partial charge in [0.25, 0.3) is 11.1 Å². The maximum atomic E-state index is 12.7. The summed E-state index contributed by atoms with van der Waals surface area (Å²) in [5.41, 5.74) is 3.52. The number of likely N-dealkylation sites (tertiary alicyclic amines) is 1. The van der Waals surface area contributed by atoms with E-state index in [9.17, 15) is 4.79 Å². The van der Waals surface area contributed by atoms with E-state index in [1.54, 1.807) is 13.0 Å². The summed E-state index contributed by atoms with van der Waals surface area (Å²) in [5, 5.41) is 12.7. The summed E-state index contributed by atoms with van der Waals surface area (Å²) < 4.78 is 5.78. The Hall–Kier alpha value is -3.02. The SMILES string of the molecule is Cc1cc(C#N)nc(C)c1C(=O)NCCC(C)N1CCC(N2C(=S)OC[C@H]2c2ccccc2)CC1. The van der Waals surface area contributed by atoms with E-state index in [0.717, 1.165) is 37.9 Å². The van der Waals surface area contributed by atoms with Gasteiger partial charge in [0.1, 0.15) is 18.4 Å². The second-order valence-electron chi connectivity index (χ2n) is 9.47. The fraction of sp³-hybridized carbons (Fsp3) is 0.481. The molecule has 0 bridgehead atoms. The molecule has 0 saturated carbocycles. The average molecular weight is 492 g/mol. The molecule has 1 aromatic heterocycles. The van der Waals surface area contributed by atoms with Gasteiger partial charge in [0.2, 0.25) is 0 Å². The fourth-order valence-corrected chi connectivity index (χ4v) is 5.61. The predicted octanol–water partition coefficient (Wildman–Crippen LogP) is 3.90. The zero-order chi connectivity index (χ0) is 24.9. The standard InChI is InChI=1S/C27H33N5O2S/c1-18-15-22(16-28)30-20(3)25(18)26(33)29-12-9-19(2)31-13-10-23(11-14-31)32-24(17-34-27(32)35)21-7-5-4-6-8-21/h4-8,15,19,23-24H,9-14,17H2,1-3H3,(H,29,33)/t19?,24-/m0/s1. The van der Waals surface area contributed by atoms with E-state index in [-0.39, 0.29) is 11.9 Å². The molecule has 0 spiro atoms. The Morgan fingerprint density at radius 3 is 2.66 bits per heavy atom. The van der Waals surface area contributed by atoms with Crippen molar-refractivity contribution in [3.05, 3.63) is 64.5 Å². The topological polar surface area (TPSA) is 81.5 Å². The Morgan fingerprint density at radius 2 is 2.00 bits per heavy atom. The van der Waals surface area contributed by atoms with Crippen molar-refractivity contribution >= 4 is 23.3 Å². The molecule has 184 valence electrons. The minimum absolute atomic E-state index is 0.127. The lowest BCUT2D eigenvalue weighted by molar-refractivity contribution is 0.0930. The van der Waals surface area contributed by atoms with Crippen LogP contribution < -0.4 is 5.32 Å². The van der Waals surface area contributed by atoms with Gasteiger partial charge in [-0.1, -0.05) is 30.3 Å². The third-order valence-electron chi connectivity index (χ3n) is 7.20. The van der Waals surface area contributed by atoms with Crippen LogP contribution in [-0.2, 0) is 4.74 Å². The Bertz CT molecular complexity index is 1090. The van der Waals surface area contributed by atoms with Gasteiger partial charge in [-0.2, -0.15) is 5.26 Å². The van der Waals surface area contributed by atoms with E-state index >= 15 is 0 Å². The lowest BCUT2D eigenvalue weighted by Crippen LogP contribution is -2.48. The molecule has 1 amide bonds. The van der Waals surface area contributed by atoms with E-state index in [2.05, 4.69) is 51.3 Å². The third kappa shape index (κ3) is 5.63. The number of pyridine rings is 1. The molecule has 7 nitrogen and oxygen atoms in total. The summed E-state index contributed by atoms with van der Waals surface area (Å²) in [4.78, 5) is 21.8. The lowest BCUT2D eigenvalue weighted by atomic mass is 9.98. The average Bonchev–Trinajstić information content (AvgIpc) is 3.25. The molecule has 2 fully saturated rings. The summed E-state index contributed by atoms with van der Waals surface area (Å²) in [6.07, 6.45) is 2.95. The van der Waals surface area contributed by atoms with Crippen LogP contribution in [0, 0.1) is 25.2 Å². The molecule has 1 unspecified atom stereocenters. The first kappa shape index (κ1) is 25.1. The molecule has 3 heterocycles. The number of nitriles is 1. The van der Waals surface area contributed by atoms with E-state index in [4.69, 9.17) is 22.2 Å². The molecule has 2 saturated heterocycles. The van der Waals surface area contributed by atoms with Crippen molar-refractivity contribution in [2.24, 2.45) is 0 Å². The number of hydrogen-bond donors (Lipinski definition) is 1. The predicted molar refractivity (Wildman–Crippen MR) is 139 cm³/mol. The van der Waals surface area contributed by atoms with Crippen molar-refractivity contribution in [2.75, 3.05) is 26.2 Å². The smallest absolute Gasteiger partial charge is 0.260 e. The normalized spacial score (nSPS) is 19.8. The van der Waals surface area contributed by atoms with Crippen LogP contribution in [0.15, 0.2) is 36.4 Å². The summed E-state index contributed by atoms with van der Waals surface area (Å²) in [5.74, 6) is -0.127. The van der Waals surface area contributed by atoms with Crippen LogP contribution in [0.25, 0.3) is 0 Å². The number of aromatic nitrogens is 1. The van der Waals surface area contributed by atoms with E-state index in [1.807, 2.05) is 19.1 Å². The zero-order valence-electron chi connectivity index (χ0n) is 20.7. The van der Waals surface area contributed by atoms with Crippen LogP contribution in [0.3, 0.4) is 0 Å². The Balaban J connectivity index is 1.27. The number of carbonyl (C=O) groups excluding carboxylic acids is 1. The van der Waals surface area contributed by atoms with Gasteiger partial charge in [0.05, 0.1) is 17.3 Å². The fourth-order valence-electron chi connectivity index (χ4n) is 5.27. The highest BCUT2D eigenvalue weighted by molar-refractivity contribution is 7.80. The molecular formula is C27H33N5O2S. The Kier molecular flexibility index (Phi) is 7.99. The molecule has 2 aliphatic rings. The molecule has 0 radical (unpaired) electrons. The molecular weight excluding hydrogens is 458 g/mol. The monoisotopic (exact) mass is 491 g/mol. The van der Waals surface area contributed by atoms with Crippen molar-refractivity contribution < 1.29 is 9.53 Å². The molecule has 4 rings (SSSR count). The number of nitrogens with one attached hydrogen (secondary N) is 1. The molecule has 2 aromatic rings. The zero-order valence-corrected chi connectivity index (χ0v) is 21.5. The number of benzene rings is 1. The first-order valence-corrected chi connectivity index (χ1v) is 12.7. The molecule has 35 heavy (non-hydrogen) atoms. The van der Waals surface area contributed by atoms with Crippen LogP contribution in [0.4, 0.5) is 0 Å². The second-order valence-corrected chi connectivity index (χ2v) is 9.82. The number of hydrogen-bond acceptors (Lipinski definition) is 6. The van der Waals surface area contributed by atoms with Crippen LogP contribution in [0.2, 0.25) is 0 Å². The maximum Gasteiger partial charge on any atom is 0.260 e. The lowest BCUT2D eigenvalue weighted by Gasteiger charge is -2.41. The highest BCUT2D eigenvalue weighted by atomic mass is 32.1. The van der Waals surface area contributed by atoms with Gasteiger partial charge in [0, 0.05) is 31.7 Å². The number of piperidine rings is 1. The minimum atomic E-state index is -0.127. The number of rotatable bonds is 7. The Morgan fingerprint density at radius 1 is 1.29 bits per heavy atom. The number of amides is 1. The van der Waals surface area contributed by atoms with Gasteiger partial charge in [-0.15, -0.1) is 0 Å². The van der Waals surface area contributed by atoms with Crippen molar-refractivity contribution in [3.8, 4) is 6.07 Å². The van der Waals surface area contributed by atoms with Gasteiger partial charge < -0.3 is 19.9 Å². The van der Waals surface area contributed by atoms with Gasteiger partial charge in [-0.25, -0.2) is 4.98 Å². The third-order valence-corrected chi connectivity index (χ3v) is 7.53. The van der Waals surface area contributed by atoms with Crippen molar-refractivity contribution in [1.29, 1.82) is 5.26 Å². The highest BCUT2D eigenvalue weighted by Crippen LogP contribution is 2.33. The van der Waals surface area contributed by atoms with E-state index < -0.39 is 0 Å². The van der Waals surface area contributed by atoms with Crippen LogP contribution in [-0.4, -0.2) is 64.2 Å². The highest BCUT2D eigenvalue weighted by Gasteiger charge is 2.38. The summed E-state index contributed by atoms with van der Waals surface area (Å²) in [6.45, 7) is 9.05. The quantitative estimate of drug-likeness (QED) is 0.588. The summed E-state index contributed by atoms with van der Waals surface area (Å²) in [6, 6.07) is 15.1. The van der Waals surface area contributed by atoms with Gasteiger partial charge in [-0.3, -0.25) is 4.79 Å². The van der Waals surface area contributed by atoms with Crippen molar-refractivity contribution in [2.45, 2.75) is 58.2 Å². The van der Waals surface area contributed by atoms with Crippen LogP contribution >= 0.6 is 12.2 Å². The molecule has 1 aromatic carbocycles. The molecule has 2 atom stereocenters. The van der Waals surface area contributed by atoms with E-state index in [0.29, 0.717) is 47.4 Å². The first-order chi connectivity index (χ1) is 16.9. The van der Waals surface area contributed by atoms with Crippen molar-refractivity contribution in [1.82, 2.24) is 20.1 Å². The van der Waals surface area contributed by atoms with Gasteiger partial charge in [0.15, 0.2) is 0 Å². The van der Waals surface area contributed by atoms with E-state index in [1.165, 1.54) is 5.56 Å². The molecule has 1 N–H and O–H groups in total.